The molecule has 27 heteroatoms. The van der Waals surface area contributed by atoms with E-state index in [2.05, 4.69) is 40.9 Å². The summed E-state index contributed by atoms with van der Waals surface area (Å²) in [6, 6.07) is 4.88. The summed E-state index contributed by atoms with van der Waals surface area (Å²) in [7, 11) is 1.64. The third-order valence-corrected chi connectivity index (χ3v) is 27.1. The molecule has 2 N–H and O–H groups in total. The minimum atomic E-state index is -4.22. The normalized spacial score (nSPS) is 16.8. The summed E-state index contributed by atoms with van der Waals surface area (Å²) in [5.74, 6) is -1.22. The maximum atomic E-state index is 14.7. The highest BCUT2D eigenvalue weighted by Crippen LogP contribution is 2.63. The van der Waals surface area contributed by atoms with Gasteiger partial charge < -0.3 is 53.0 Å². The number of ether oxygens (including phenoxy) is 7. The zero-order chi connectivity index (χ0) is 88.8. The van der Waals surface area contributed by atoms with Crippen molar-refractivity contribution in [3.8, 4) is 17.2 Å². The first-order chi connectivity index (χ1) is 59.8. The third-order valence-electron chi connectivity index (χ3n) is 23.3. The molecule has 2 fully saturated rings. The summed E-state index contributed by atoms with van der Waals surface area (Å²) < 4.78 is 73.2. The van der Waals surface area contributed by atoms with Crippen LogP contribution in [0.2, 0.25) is 0 Å². The van der Waals surface area contributed by atoms with E-state index in [-0.39, 0.29) is 87.0 Å². The minimum Gasteiger partial charge on any atom is -0.490 e. The van der Waals surface area contributed by atoms with Crippen LogP contribution >= 0.6 is 18.2 Å². The molecule has 2 aliphatic rings. The Morgan fingerprint density at radius 3 is 1.45 bits per heavy atom. The third kappa shape index (κ3) is 46.8. The Morgan fingerprint density at radius 1 is 0.569 bits per heavy atom. The Hall–Kier alpha value is -6.36. The first kappa shape index (κ1) is 107. The first-order valence-corrected chi connectivity index (χ1v) is 51.5. The molecule has 3 unspecified atom stereocenters. The molecular weight excluding hydrogens is 1600 g/mol. The number of benzene rings is 1. The van der Waals surface area contributed by atoms with Crippen LogP contribution in [0, 0.1) is 13.5 Å². The van der Waals surface area contributed by atoms with Crippen molar-refractivity contribution in [3.63, 3.8) is 0 Å². The molecule has 2 amide bonds. The lowest BCUT2D eigenvalue weighted by Gasteiger charge is -2.25. The number of aromatic amines is 1. The van der Waals surface area contributed by atoms with Crippen LogP contribution in [0.3, 0.4) is 0 Å². The van der Waals surface area contributed by atoms with Crippen molar-refractivity contribution in [1.29, 1.82) is 0 Å². The van der Waals surface area contributed by atoms with Crippen molar-refractivity contribution in [2.24, 2.45) is 0 Å². The predicted octanol–water partition coefficient (Wildman–Crippen LogP) is 23.5. The highest BCUT2D eigenvalue weighted by atomic mass is 32.7. The zero-order valence-electron chi connectivity index (χ0n) is 76.8. The van der Waals surface area contributed by atoms with E-state index in [0.29, 0.717) is 49.1 Å². The van der Waals surface area contributed by atoms with Crippen LogP contribution in [-0.2, 0) is 51.7 Å². The van der Waals surface area contributed by atoms with E-state index in [9.17, 15) is 42.9 Å². The number of hydrogen-bond acceptors (Lipinski definition) is 20. The van der Waals surface area contributed by atoms with Crippen molar-refractivity contribution >= 4 is 53.5 Å². The van der Waals surface area contributed by atoms with Crippen LogP contribution in [0.4, 0.5) is 5.82 Å². The van der Waals surface area contributed by atoms with Crippen molar-refractivity contribution in [3.05, 3.63) is 84.5 Å². The van der Waals surface area contributed by atoms with Gasteiger partial charge in [-0.15, -0.1) is 0 Å². The summed E-state index contributed by atoms with van der Waals surface area (Å²) in [4.78, 5) is 116. The molecule has 1 aromatic carbocycles. The monoisotopic (exact) mass is 1760 g/mol. The summed E-state index contributed by atoms with van der Waals surface area (Å²) >= 11 is 0.773. The Morgan fingerprint density at radius 2 is 1.00 bits per heavy atom. The molecule has 3 aromatic rings. The van der Waals surface area contributed by atoms with E-state index in [1.54, 1.807) is 26.1 Å². The maximum absolute atomic E-state index is 14.7. The molecule has 0 bridgehead atoms. The van der Waals surface area contributed by atoms with E-state index in [0.717, 1.165) is 73.7 Å². The largest absolute Gasteiger partial charge is 0.490 e. The molecule has 2 aromatic heterocycles. The van der Waals surface area contributed by atoms with Gasteiger partial charge >= 0.3 is 30.1 Å². The van der Waals surface area contributed by atoms with E-state index < -0.39 is 85.1 Å². The summed E-state index contributed by atoms with van der Waals surface area (Å²) in [6.45, 7) is 15.4. The maximum Gasteiger partial charge on any atom is 0.389 e. The number of unbranched alkanes of at least 4 members (excludes halogenated alkanes) is 45. The van der Waals surface area contributed by atoms with Gasteiger partial charge in [0.25, 0.3) is 11.5 Å². The lowest BCUT2D eigenvalue weighted by Crippen LogP contribution is -2.33. The molecule has 123 heavy (non-hydrogen) atoms. The minimum absolute atomic E-state index is 0.0314. The van der Waals surface area contributed by atoms with Crippen LogP contribution in [0.1, 0.15) is 416 Å². The average molecular weight is 1760 g/mol. The lowest BCUT2D eigenvalue weighted by molar-refractivity contribution is -0.153. The van der Waals surface area contributed by atoms with Gasteiger partial charge in [-0.25, -0.2) is 20.7 Å². The van der Waals surface area contributed by atoms with Gasteiger partial charge in [0.1, 0.15) is 42.9 Å². The molecule has 7 atom stereocenters. The number of hydrogen-bond donors (Lipinski definition) is 2. The second-order valence-corrected chi connectivity index (χ2v) is 38.3. The van der Waals surface area contributed by atoms with Gasteiger partial charge in [-0.2, -0.15) is 4.98 Å². The standard InChI is InChI=1S/C96H160N7O18PS/c1-9-13-16-19-22-25-28-31-34-37-40-43-46-49-52-55-66-113-83-71-79(72-84(114-67-56-53-50-47-44-41-38-35-32-29-26-23-20-17-14-10-2)92(83)116-68-57-54-51-48-45-42-39-36-33-30-27-24-21-18-15-11-3)94(109)101(8)65-69-115-90(106)61-59-87(105)98-86-62-64-102(95(110)99-86)88-73-81(120-91(107)60-58-78(6)104)85(119-88)76-117-122(112,123-70-63-97-7)121-82-74-89(118-80(82)12-4)103-75-77(5)93(108)100-96(103)111/h62,64,71-72,75,80-82,85,88-89H,9-61,63,65-70,73-74,76H2,1-6,8H3,(H,100,108,111)(H,98,99,105,110)/t80-,81?,82?,85-,88-,89-,122?/m1/s1. The number of aryl methyl sites for hydroxylation is 1. The number of carbonyl (C=O) groups excluding carboxylic acids is 5. The number of aromatic nitrogens is 4. The smallest absolute Gasteiger partial charge is 0.389 e. The molecule has 25 nitrogen and oxygen atoms in total. The van der Waals surface area contributed by atoms with Gasteiger partial charge in [-0.3, -0.25) is 47.1 Å². The van der Waals surface area contributed by atoms with E-state index in [4.69, 9.17) is 48.8 Å². The molecule has 0 radical (unpaired) electrons. The van der Waals surface area contributed by atoms with Gasteiger partial charge in [-0.1, -0.05) is 317 Å². The fourth-order valence-corrected chi connectivity index (χ4v) is 19.1. The quantitative estimate of drug-likeness (QED) is 0.0230. The number of rotatable bonds is 77. The number of anilines is 1. The SMILES string of the molecule is [C-]#[N+]CCSP(=O)(OC[C@H]1O[C@@H](n2ccc(NC(=O)CCC(=O)OCCN(C)C(=O)c3cc(OCCCCCCCCCCCCCCCCCC)c(OCCCCCCCCCCCCCCCCCC)c(OCCCCCCCCCCCCCCCCCC)c3)nc2=O)CC1OC(=O)CCC(C)=O)OC1C[C@H](n2cc(C)c(=O)[nH]c2=O)O[C@@H]1CC. The first-order valence-electron chi connectivity index (χ1n) is 48.4. The molecule has 5 rings (SSSR count). The molecule has 0 aliphatic carbocycles. The van der Waals surface area contributed by atoms with Crippen LogP contribution in [0.25, 0.3) is 4.85 Å². The number of amides is 2. The molecule has 0 spiro atoms. The Bertz CT molecular complexity index is 3620. The zero-order valence-corrected chi connectivity index (χ0v) is 78.5. The topological polar surface area (TPSA) is 295 Å². The number of likely N-dealkylation sites (N-methyl/N-ethyl adjacent to an activating group) is 1. The highest BCUT2D eigenvalue weighted by molar-refractivity contribution is 8.55. The molecule has 2 saturated heterocycles. The number of H-pyrrole nitrogens is 1. The van der Waals surface area contributed by atoms with Gasteiger partial charge in [-0.05, 0) is 69.1 Å². The summed E-state index contributed by atoms with van der Waals surface area (Å²) in [5, 5.41) is 2.56. The fraction of sp³-hybridized carbons (Fsp3) is 0.792. The van der Waals surface area contributed by atoms with Crippen LogP contribution in [0.5, 0.6) is 17.2 Å². The van der Waals surface area contributed by atoms with E-state index in [1.807, 2.05) is 6.92 Å². The number of nitrogens with zero attached hydrogens (tertiary/aromatic N) is 5. The van der Waals surface area contributed by atoms with Gasteiger partial charge in [0.2, 0.25) is 18.2 Å². The van der Waals surface area contributed by atoms with Crippen molar-refractivity contribution in [2.75, 3.05) is 64.2 Å². The predicted molar refractivity (Wildman–Crippen MR) is 491 cm³/mol. The van der Waals surface area contributed by atoms with Crippen molar-refractivity contribution in [1.82, 2.24) is 24.0 Å². The number of nitrogens with one attached hydrogen (secondary N) is 2. The Labute approximate surface area is 741 Å². The number of Topliss-reactive ketones (excluding diaryl/α,β-unsaturated/α-hetero) is 1. The van der Waals surface area contributed by atoms with E-state index >= 15 is 0 Å². The number of ketones is 1. The highest BCUT2D eigenvalue weighted by Gasteiger charge is 2.45. The molecule has 0 saturated carbocycles. The average Bonchev–Trinajstić information content (AvgIpc) is 1.55. The van der Waals surface area contributed by atoms with Crippen LogP contribution in [-0.4, -0.2) is 137 Å². The second-order valence-electron chi connectivity index (χ2n) is 34.2. The Kier molecular flexibility index (Phi) is 58.4. The molecule has 4 heterocycles. The van der Waals surface area contributed by atoms with Crippen LogP contribution in [0.15, 0.2) is 45.0 Å². The molecule has 698 valence electrons. The Balaban J connectivity index is 1.19. The van der Waals surface area contributed by atoms with Crippen molar-refractivity contribution in [2.45, 2.75) is 432 Å². The number of carbonyl (C=O) groups is 5. The van der Waals surface area contributed by atoms with Gasteiger partial charge in [0, 0.05) is 56.3 Å². The lowest BCUT2D eigenvalue weighted by atomic mass is 10.0. The summed E-state index contributed by atoms with van der Waals surface area (Å²) in [6.07, 6.45) is 57.2. The molecule has 2 aliphatic heterocycles. The molecular formula is C96H160N7O18PS. The fourth-order valence-electron chi connectivity index (χ4n) is 15.8. The summed E-state index contributed by atoms with van der Waals surface area (Å²) in [5.41, 5.74) is -1.48. The van der Waals surface area contributed by atoms with Crippen LogP contribution < -0.4 is 36.5 Å². The van der Waals surface area contributed by atoms with E-state index in [1.165, 1.54) is 285 Å². The van der Waals surface area contributed by atoms with Crippen molar-refractivity contribution < 1.29 is 70.7 Å². The van der Waals surface area contributed by atoms with Gasteiger partial charge in [0.15, 0.2) is 11.5 Å². The number of esters is 2. The second kappa shape index (κ2) is 67.0. The van der Waals surface area contributed by atoms with Gasteiger partial charge in [0.05, 0.1) is 63.8 Å².